The second-order valence-electron chi connectivity index (χ2n) is 33.2. The van der Waals surface area contributed by atoms with Crippen LogP contribution in [0.2, 0.25) is 0 Å². The van der Waals surface area contributed by atoms with Crippen molar-refractivity contribution in [3.63, 3.8) is 0 Å². The van der Waals surface area contributed by atoms with Gasteiger partial charge in [-0.3, -0.25) is 19.2 Å². The number of allylic oxidation sites excluding steroid dienone is 2. The highest BCUT2D eigenvalue weighted by molar-refractivity contribution is 5.80. The lowest BCUT2D eigenvalue weighted by Crippen LogP contribution is -2.70. The molecular weight excluding hydrogens is 1380 g/mol. The minimum absolute atomic E-state index is 0.0404. The van der Waals surface area contributed by atoms with E-state index in [0.29, 0.717) is 32.1 Å². The smallest absolute Gasteiger partial charge is 0.317 e. The number of fused-ring (bicyclic) bond motifs is 7. The van der Waals surface area contributed by atoms with Gasteiger partial charge >= 0.3 is 23.9 Å². The minimum Gasteiger partial charge on any atom is -0.462 e. The maximum absolute atomic E-state index is 16.0. The van der Waals surface area contributed by atoms with Crippen LogP contribution in [0.5, 0.6) is 0 Å². The lowest BCUT2D eigenvalue weighted by atomic mass is 9.33. The van der Waals surface area contributed by atoms with Gasteiger partial charge in [0.05, 0.1) is 81.8 Å². The van der Waals surface area contributed by atoms with E-state index in [2.05, 4.69) is 40.7 Å². The van der Waals surface area contributed by atoms with E-state index in [-0.39, 0.29) is 37.5 Å². The Balaban J connectivity index is 0.901. The Hall–Kier alpha value is -3.38. The number of carbonyl (C=O) groups is 4. The van der Waals surface area contributed by atoms with Crippen molar-refractivity contribution in [2.24, 2.45) is 50.2 Å². The van der Waals surface area contributed by atoms with E-state index < -0.39 is 279 Å². The Morgan fingerprint density at radius 1 is 0.529 bits per heavy atom. The summed E-state index contributed by atoms with van der Waals surface area (Å²) in [6, 6.07) is 0. The molecule has 0 spiro atoms. The minimum atomic E-state index is -2.12. The molecule has 5 heterocycles. The molecule has 0 aromatic rings. The third-order valence-corrected chi connectivity index (χ3v) is 25.4. The lowest BCUT2D eigenvalue weighted by Gasteiger charge is -2.72. The van der Waals surface area contributed by atoms with Gasteiger partial charge in [-0.05, 0) is 132 Å². The molecule has 0 aromatic carbocycles. The first-order valence-electron chi connectivity index (χ1n) is 36.6. The molecule has 5 aliphatic heterocycles. The number of ether oxygens (including phenoxy) is 13. The molecule has 16 N–H and O–H groups in total. The molecule has 4 saturated carbocycles. The molecule has 5 aliphatic carbocycles. The van der Waals surface area contributed by atoms with Crippen LogP contribution in [0.4, 0.5) is 0 Å². The number of hydrogen-bond donors (Lipinski definition) is 16. The van der Waals surface area contributed by atoms with Crippen LogP contribution < -0.4 is 0 Å². The Kier molecular flexibility index (Phi) is 25.4. The van der Waals surface area contributed by atoms with Crippen molar-refractivity contribution >= 4 is 23.9 Å². The average Bonchev–Trinajstić information content (AvgIpc) is 0.669. The van der Waals surface area contributed by atoms with Gasteiger partial charge < -0.3 is 143 Å². The van der Waals surface area contributed by atoms with Crippen molar-refractivity contribution in [2.75, 3.05) is 19.8 Å². The van der Waals surface area contributed by atoms with Crippen molar-refractivity contribution in [1.82, 2.24) is 0 Å². The molecule has 5 saturated heterocycles. The second kappa shape index (κ2) is 31.8. The van der Waals surface area contributed by atoms with E-state index in [9.17, 15) is 96.1 Å². The molecule has 9 fully saturated rings. The fourth-order valence-electron chi connectivity index (χ4n) is 19.5. The van der Waals surface area contributed by atoms with Gasteiger partial charge in [-0.15, -0.1) is 0 Å². The summed E-state index contributed by atoms with van der Waals surface area (Å²) in [7, 11) is 0. The monoisotopic (exact) mass is 1490 g/mol. The van der Waals surface area contributed by atoms with Crippen LogP contribution >= 0.6 is 0 Å². The zero-order valence-corrected chi connectivity index (χ0v) is 61.1. The molecule has 5 unspecified atom stereocenters. The molecule has 10 aliphatic rings. The average molecular weight is 1500 g/mol. The third-order valence-electron chi connectivity index (χ3n) is 25.4. The normalized spacial score (nSPS) is 49.5. The molecule has 33 heteroatoms. The summed E-state index contributed by atoms with van der Waals surface area (Å²) in [5.41, 5.74) is -4.58. The Morgan fingerprint density at radius 3 is 1.71 bits per heavy atom. The van der Waals surface area contributed by atoms with Crippen LogP contribution in [-0.2, 0) is 80.8 Å². The van der Waals surface area contributed by atoms with Crippen LogP contribution in [0.3, 0.4) is 0 Å². The van der Waals surface area contributed by atoms with Crippen molar-refractivity contribution in [3.05, 3.63) is 11.6 Å². The predicted octanol–water partition coefficient (Wildman–Crippen LogP) is -2.61. The first-order valence-corrected chi connectivity index (χ1v) is 36.6. The van der Waals surface area contributed by atoms with E-state index >= 15 is 4.79 Å². The van der Waals surface area contributed by atoms with Gasteiger partial charge in [0.25, 0.3) is 0 Å². The van der Waals surface area contributed by atoms with Crippen molar-refractivity contribution in [1.29, 1.82) is 0 Å². The summed E-state index contributed by atoms with van der Waals surface area (Å²) < 4.78 is 76.9. The quantitative estimate of drug-likeness (QED) is 0.0242. The van der Waals surface area contributed by atoms with E-state index in [4.69, 9.17) is 61.6 Å². The SMILES string of the molecule is CC(O)CC(=O)OC(C)CC(=O)OC(C)CC(=O)O[C@@H]1[C@H](O)[C@@H](O[C@@H]2O[C@@H](C)[C@H](O[C@@H]3OC[C@@H](O)[C@H](O[C@H]4O[C@@H](C)[C@H](O)[C@@H](O)[C@H]4O)[C@H]3O)[C@@H](O)[C@H]2O)[C@H](OC(=O)[C@]23CCC(C)(C)CC2C2=CCC4[C@@]5(C)C[C@H](O)[C@H](O[C@@H]6O[C@H](CO)[C@@H](O)[C@H](O)[C@H]6O)[C@@](C)(CO)[C@@H]5CC[C@@]4(C)[C@]2(C)C[C@H]3O)O[C@@H]1C. The van der Waals surface area contributed by atoms with Crippen LogP contribution in [0.15, 0.2) is 11.6 Å². The van der Waals surface area contributed by atoms with Crippen LogP contribution in [0.25, 0.3) is 0 Å². The number of rotatable bonds is 21. The van der Waals surface area contributed by atoms with Crippen LogP contribution in [-0.4, -0.2) is 309 Å². The first kappa shape index (κ1) is 83.1. The molecule has 0 aromatic heterocycles. The summed E-state index contributed by atoms with van der Waals surface area (Å²) in [6.07, 6.45) is -44.1. The van der Waals surface area contributed by atoms with E-state index in [1.54, 1.807) is 6.92 Å². The summed E-state index contributed by atoms with van der Waals surface area (Å²) >= 11 is 0. The lowest BCUT2D eigenvalue weighted by molar-refractivity contribution is -0.380. The number of esters is 4. The van der Waals surface area contributed by atoms with Gasteiger partial charge in [0, 0.05) is 5.41 Å². The van der Waals surface area contributed by atoms with Crippen molar-refractivity contribution in [2.45, 2.75) is 338 Å². The Labute approximate surface area is 603 Å². The maximum Gasteiger partial charge on any atom is 0.317 e. The summed E-state index contributed by atoms with van der Waals surface area (Å²) in [6.45, 7) is 19.0. The van der Waals surface area contributed by atoms with Gasteiger partial charge in [0.15, 0.2) is 37.4 Å². The summed E-state index contributed by atoms with van der Waals surface area (Å²) in [5.74, 6) is -4.81. The fraction of sp³-hybridized carbons (Fsp3) is 0.915. The highest BCUT2D eigenvalue weighted by atomic mass is 16.8. The number of aliphatic hydroxyl groups excluding tert-OH is 16. The highest BCUT2D eigenvalue weighted by Crippen LogP contribution is 2.76. The van der Waals surface area contributed by atoms with E-state index in [1.807, 2.05) is 0 Å². The molecule has 0 bridgehead atoms. The number of carbonyl (C=O) groups excluding carboxylic acids is 4. The largest absolute Gasteiger partial charge is 0.462 e. The number of aliphatic hydroxyl groups is 16. The highest BCUT2D eigenvalue weighted by Gasteiger charge is 2.74. The first-order chi connectivity index (χ1) is 48.5. The molecule has 33 nitrogen and oxygen atoms in total. The molecule has 104 heavy (non-hydrogen) atoms. The number of hydrogen-bond acceptors (Lipinski definition) is 33. The molecule has 38 atom stereocenters. The topological polar surface area (TPSA) is 512 Å². The van der Waals surface area contributed by atoms with Gasteiger partial charge in [-0.1, -0.05) is 53.2 Å². The summed E-state index contributed by atoms with van der Waals surface area (Å²) in [5, 5.41) is 179. The summed E-state index contributed by atoms with van der Waals surface area (Å²) in [4.78, 5) is 54.9. The van der Waals surface area contributed by atoms with Gasteiger partial charge in [-0.25, -0.2) is 0 Å². The zero-order valence-electron chi connectivity index (χ0n) is 61.1. The zero-order chi connectivity index (χ0) is 76.7. The molecule has 0 amide bonds. The van der Waals surface area contributed by atoms with Crippen molar-refractivity contribution in [3.8, 4) is 0 Å². The Morgan fingerprint density at radius 2 is 1.09 bits per heavy atom. The molecule has 596 valence electrons. The predicted molar refractivity (Wildman–Crippen MR) is 350 cm³/mol. The van der Waals surface area contributed by atoms with Gasteiger partial charge in [-0.2, -0.15) is 0 Å². The fourth-order valence-corrected chi connectivity index (χ4v) is 19.5. The van der Waals surface area contributed by atoms with Gasteiger partial charge in [0.1, 0.15) is 103 Å². The van der Waals surface area contributed by atoms with E-state index in [0.717, 1.165) is 5.57 Å². The van der Waals surface area contributed by atoms with Crippen molar-refractivity contribution < 1.29 is 162 Å². The molecular formula is C71H114O33. The molecule has 10 rings (SSSR count). The van der Waals surface area contributed by atoms with E-state index in [1.165, 1.54) is 41.5 Å². The van der Waals surface area contributed by atoms with Crippen LogP contribution in [0.1, 0.15) is 154 Å². The van der Waals surface area contributed by atoms with Crippen LogP contribution in [0, 0.1) is 50.2 Å². The third kappa shape index (κ3) is 15.5. The second-order valence-corrected chi connectivity index (χ2v) is 33.2. The Bertz CT molecular complexity index is 3010. The standard InChI is InChI=1S/C71H114O33/c1-28(74)19-42(78)93-29(2)20-43(79)94-30(3)21-44(80)99-56-33(6)97-64(58(53(56)89)102-62-52(88)49(85)55(32(5)96-62)100-60-54(90)57(37(76)26-92-60)101-61-50(86)47(83)45(81)31(4)95-61)104-65(91)71-18-17-66(7,8)22-35(71)34-13-14-40-67(9)23-36(75)59(103-63-51(87)48(84)46(82)38(25-72)98-63)68(10,27-73)39(67)15-16-69(40,11)70(34,12)24-41(71)77/h13,28-33,35-41,45-64,72-77,81-90H,14-27H2,1-12H3/t28?,29?,30?,31-,32-,33+,35?,36-,37+,38+,39+,40?,41+,45-,46+,47+,48-,49-,50+,51+,52+,53-,54+,55-,56-,57-,58+,59-,60-,61+,62-,63-,64-,67-,68-,69+,70+,71+/m0/s1. The van der Waals surface area contributed by atoms with Gasteiger partial charge in [0.2, 0.25) is 6.29 Å². The molecule has 0 radical (unpaired) electrons. The maximum atomic E-state index is 16.0.